The Morgan fingerprint density at radius 2 is 1.14 bits per heavy atom. The standard InChI is InChI=1S/C42H40BrN/c1-39(2)32-17-13-12-16-27(32)29-23-38-31(22-33(29)39)30-20-25(18-19-37(30)44(38)26-14-10-9-11-15-26)28-21-34-35(24-36(28)43)41(5,6)42(7,8)40(34,3)4/h9-24H,1-8H3. The van der Waals surface area contributed by atoms with Crippen molar-refractivity contribution in [1.29, 1.82) is 0 Å². The van der Waals surface area contributed by atoms with Crippen LogP contribution in [0.4, 0.5) is 0 Å². The van der Waals surface area contributed by atoms with Gasteiger partial charge in [0.25, 0.3) is 0 Å². The van der Waals surface area contributed by atoms with Crippen LogP contribution in [-0.2, 0) is 16.2 Å². The maximum atomic E-state index is 4.04. The van der Waals surface area contributed by atoms with Gasteiger partial charge in [-0.2, -0.15) is 0 Å². The molecule has 0 amide bonds. The van der Waals surface area contributed by atoms with Gasteiger partial charge in [0.15, 0.2) is 0 Å². The average molecular weight is 639 g/mol. The Morgan fingerprint density at radius 3 is 1.86 bits per heavy atom. The molecule has 0 radical (unpaired) electrons. The van der Waals surface area contributed by atoms with Gasteiger partial charge in [0.05, 0.1) is 11.0 Å². The van der Waals surface area contributed by atoms with Crippen molar-refractivity contribution < 1.29 is 0 Å². The molecule has 0 unspecified atom stereocenters. The summed E-state index contributed by atoms with van der Waals surface area (Å²) in [5.41, 5.74) is 14.9. The van der Waals surface area contributed by atoms with Crippen molar-refractivity contribution in [3.63, 3.8) is 0 Å². The van der Waals surface area contributed by atoms with Crippen LogP contribution in [0.5, 0.6) is 0 Å². The normalized spacial score (nSPS) is 18.4. The lowest BCUT2D eigenvalue weighted by atomic mass is 9.59. The van der Waals surface area contributed by atoms with Crippen LogP contribution in [0.25, 0.3) is 49.7 Å². The molecule has 0 N–H and O–H groups in total. The molecule has 1 nitrogen and oxygen atoms in total. The van der Waals surface area contributed by atoms with E-state index in [-0.39, 0.29) is 21.7 Å². The zero-order valence-electron chi connectivity index (χ0n) is 27.1. The van der Waals surface area contributed by atoms with E-state index < -0.39 is 0 Å². The highest BCUT2D eigenvalue weighted by molar-refractivity contribution is 9.10. The van der Waals surface area contributed by atoms with E-state index in [4.69, 9.17) is 0 Å². The number of para-hydroxylation sites is 1. The summed E-state index contributed by atoms with van der Waals surface area (Å²) in [4.78, 5) is 0. The topological polar surface area (TPSA) is 4.93 Å². The second-order valence-electron chi connectivity index (χ2n) is 15.2. The molecule has 1 aromatic heterocycles. The minimum atomic E-state index is -0.0485. The van der Waals surface area contributed by atoms with Gasteiger partial charge in [0, 0.05) is 26.3 Å². The Labute approximate surface area is 270 Å². The number of rotatable bonds is 2. The molecule has 220 valence electrons. The van der Waals surface area contributed by atoms with Crippen LogP contribution in [0.1, 0.15) is 77.6 Å². The summed E-state index contributed by atoms with van der Waals surface area (Å²) in [6.45, 7) is 19.3. The van der Waals surface area contributed by atoms with Crippen molar-refractivity contribution in [2.45, 2.75) is 71.6 Å². The highest BCUT2D eigenvalue weighted by atomic mass is 79.9. The fraction of sp³-hybridized carbons (Fsp3) is 0.286. The molecule has 0 aliphatic heterocycles. The first-order chi connectivity index (χ1) is 20.8. The SMILES string of the molecule is CC1(C)c2ccccc2-c2cc3c(cc21)c1cc(-c2cc4c(cc2Br)C(C)(C)C(C)(C)C4(C)C)ccc1n3-c1ccccc1. The minimum Gasteiger partial charge on any atom is -0.309 e. The molecule has 0 saturated heterocycles. The van der Waals surface area contributed by atoms with Gasteiger partial charge >= 0.3 is 0 Å². The number of hydrogen-bond donors (Lipinski definition) is 0. The van der Waals surface area contributed by atoms with E-state index in [0.717, 1.165) is 0 Å². The maximum Gasteiger partial charge on any atom is 0.0547 e. The molecule has 0 fully saturated rings. The van der Waals surface area contributed by atoms with Crippen LogP contribution >= 0.6 is 15.9 Å². The summed E-state index contributed by atoms with van der Waals surface area (Å²) in [7, 11) is 0. The van der Waals surface area contributed by atoms with Crippen LogP contribution in [0, 0.1) is 5.41 Å². The van der Waals surface area contributed by atoms with Gasteiger partial charge in [-0.25, -0.2) is 0 Å². The molecule has 0 bridgehead atoms. The Balaban J connectivity index is 1.42. The van der Waals surface area contributed by atoms with Crippen LogP contribution < -0.4 is 0 Å². The maximum absolute atomic E-state index is 4.04. The lowest BCUT2D eigenvalue weighted by molar-refractivity contribution is 0.125. The summed E-state index contributed by atoms with van der Waals surface area (Å²) in [6, 6.07) is 36.7. The molecule has 44 heavy (non-hydrogen) atoms. The molecule has 0 saturated carbocycles. The van der Waals surface area contributed by atoms with Crippen molar-refractivity contribution in [3.05, 3.63) is 124 Å². The third kappa shape index (κ3) is 3.36. The average Bonchev–Trinajstić information content (AvgIpc) is 3.47. The van der Waals surface area contributed by atoms with Crippen molar-refractivity contribution in [3.8, 4) is 27.9 Å². The molecule has 0 atom stereocenters. The van der Waals surface area contributed by atoms with Gasteiger partial charge in [0.2, 0.25) is 0 Å². The Bertz CT molecular complexity index is 2170. The number of fused-ring (bicyclic) bond motifs is 7. The molecule has 2 heteroatoms. The zero-order chi connectivity index (χ0) is 31.0. The monoisotopic (exact) mass is 637 g/mol. The highest BCUT2D eigenvalue weighted by Crippen LogP contribution is 2.62. The van der Waals surface area contributed by atoms with Crippen molar-refractivity contribution >= 4 is 37.7 Å². The Morgan fingerprint density at radius 1 is 0.500 bits per heavy atom. The molecule has 2 aliphatic carbocycles. The van der Waals surface area contributed by atoms with E-state index in [0.29, 0.717) is 0 Å². The summed E-state index contributed by atoms with van der Waals surface area (Å²) >= 11 is 4.04. The van der Waals surface area contributed by atoms with E-state index in [9.17, 15) is 0 Å². The molecule has 8 rings (SSSR count). The third-order valence-electron chi connectivity index (χ3n) is 12.4. The molecule has 1 heterocycles. The van der Waals surface area contributed by atoms with E-state index in [1.54, 1.807) is 0 Å². The van der Waals surface area contributed by atoms with Gasteiger partial charge in [-0.3, -0.25) is 0 Å². The van der Waals surface area contributed by atoms with E-state index in [1.165, 1.54) is 76.5 Å². The van der Waals surface area contributed by atoms with Crippen molar-refractivity contribution in [1.82, 2.24) is 4.57 Å². The van der Waals surface area contributed by atoms with Crippen LogP contribution in [0.2, 0.25) is 0 Å². The van der Waals surface area contributed by atoms with Gasteiger partial charge in [-0.1, -0.05) is 120 Å². The number of hydrogen-bond acceptors (Lipinski definition) is 0. The minimum absolute atomic E-state index is 0.0485. The first-order valence-corrected chi connectivity index (χ1v) is 16.7. The smallest absolute Gasteiger partial charge is 0.0547 e. The fourth-order valence-corrected chi connectivity index (χ4v) is 9.09. The summed E-state index contributed by atoms with van der Waals surface area (Å²) in [5.74, 6) is 0. The first kappa shape index (κ1) is 27.9. The number of aromatic nitrogens is 1. The summed E-state index contributed by atoms with van der Waals surface area (Å²) < 4.78 is 3.62. The molecule has 5 aromatic carbocycles. The Hall–Kier alpha value is -3.62. The van der Waals surface area contributed by atoms with Gasteiger partial charge < -0.3 is 4.57 Å². The lowest BCUT2D eigenvalue weighted by Crippen LogP contribution is -2.42. The van der Waals surface area contributed by atoms with E-state index >= 15 is 0 Å². The quantitative estimate of drug-likeness (QED) is 0.178. The predicted molar refractivity (Wildman–Crippen MR) is 191 cm³/mol. The van der Waals surface area contributed by atoms with Crippen molar-refractivity contribution in [2.24, 2.45) is 5.41 Å². The van der Waals surface area contributed by atoms with Crippen LogP contribution in [-0.4, -0.2) is 4.57 Å². The third-order valence-corrected chi connectivity index (χ3v) is 13.0. The van der Waals surface area contributed by atoms with Crippen molar-refractivity contribution in [2.75, 3.05) is 0 Å². The predicted octanol–water partition coefficient (Wildman–Crippen LogP) is 12.1. The zero-order valence-corrected chi connectivity index (χ0v) is 28.6. The van der Waals surface area contributed by atoms with E-state index in [2.05, 4.69) is 173 Å². The van der Waals surface area contributed by atoms with Gasteiger partial charge in [0.1, 0.15) is 0 Å². The summed E-state index contributed by atoms with van der Waals surface area (Å²) in [5, 5.41) is 2.61. The first-order valence-electron chi connectivity index (χ1n) is 15.9. The molecule has 2 aliphatic rings. The fourth-order valence-electron chi connectivity index (χ4n) is 8.52. The number of benzene rings is 5. The lowest BCUT2D eigenvalue weighted by Gasteiger charge is -2.44. The molecular weight excluding hydrogens is 598 g/mol. The molecule has 0 spiro atoms. The molecule has 6 aromatic rings. The number of nitrogens with zero attached hydrogens (tertiary/aromatic N) is 1. The number of halogens is 1. The summed E-state index contributed by atoms with van der Waals surface area (Å²) in [6.07, 6.45) is 0. The Kier molecular flexibility index (Phi) is 5.55. The van der Waals surface area contributed by atoms with Crippen LogP contribution in [0.15, 0.2) is 102 Å². The highest BCUT2D eigenvalue weighted by Gasteiger charge is 2.57. The second kappa shape index (κ2) is 8.76. The van der Waals surface area contributed by atoms with E-state index in [1.807, 2.05) is 0 Å². The molecular formula is C42H40BrN. The van der Waals surface area contributed by atoms with Crippen LogP contribution in [0.3, 0.4) is 0 Å². The second-order valence-corrected chi connectivity index (χ2v) is 16.1. The van der Waals surface area contributed by atoms with Gasteiger partial charge in [-0.05, 0) is 109 Å². The van der Waals surface area contributed by atoms with Gasteiger partial charge in [-0.15, -0.1) is 0 Å². The largest absolute Gasteiger partial charge is 0.309 e.